The lowest BCUT2D eigenvalue weighted by atomic mass is 10.1. The number of hydrogen-bond donors (Lipinski definition) is 1. The number of likely N-dealkylation sites (N-methyl/N-ethyl adjacent to an activating group) is 1. The minimum atomic E-state index is 0.125. The van der Waals surface area contributed by atoms with Gasteiger partial charge in [-0.2, -0.15) is 5.10 Å². The summed E-state index contributed by atoms with van der Waals surface area (Å²) in [5.41, 5.74) is 2.94. The summed E-state index contributed by atoms with van der Waals surface area (Å²) in [5.74, 6) is 1.51. The Kier molecular flexibility index (Phi) is 6.08. The van der Waals surface area contributed by atoms with Crippen LogP contribution in [0.2, 0.25) is 5.02 Å². The highest BCUT2D eigenvalue weighted by Gasteiger charge is 2.17. The lowest BCUT2D eigenvalue weighted by Crippen LogP contribution is -2.27. The van der Waals surface area contributed by atoms with Crippen LogP contribution in [0.1, 0.15) is 24.4 Å². The number of aryl methyl sites for hydroxylation is 2. The number of hydrogen-bond acceptors (Lipinski definition) is 5. The molecule has 1 atom stereocenters. The maximum atomic E-state index is 6.40. The zero-order valence-electron chi connectivity index (χ0n) is 16.1. The summed E-state index contributed by atoms with van der Waals surface area (Å²) >= 11 is 6.40. The van der Waals surface area contributed by atoms with Crippen LogP contribution in [0.25, 0.3) is 11.3 Å². The molecular weight excluding hydrogens is 360 g/mol. The third-order valence-corrected chi connectivity index (χ3v) is 4.80. The molecule has 1 N–H and O–H groups in total. The number of nitrogens with one attached hydrogen (secondary N) is 1. The molecule has 0 aliphatic heterocycles. The molecule has 7 heteroatoms. The first-order valence-corrected chi connectivity index (χ1v) is 9.39. The van der Waals surface area contributed by atoms with Crippen molar-refractivity contribution in [3.8, 4) is 11.3 Å². The molecule has 0 aliphatic carbocycles. The highest BCUT2D eigenvalue weighted by molar-refractivity contribution is 6.31. The number of nitrogens with zero attached hydrogens (tertiary/aromatic N) is 5. The Morgan fingerprint density at radius 2 is 2.00 bits per heavy atom. The van der Waals surface area contributed by atoms with E-state index < -0.39 is 0 Å². The summed E-state index contributed by atoms with van der Waals surface area (Å²) in [5, 5.41) is 8.54. The van der Waals surface area contributed by atoms with Crippen molar-refractivity contribution in [1.29, 1.82) is 0 Å². The first-order chi connectivity index (χ1) is 13.0. The molecule has 1 aromatic carbocycles. The predicted octanol–water partition coefficient (Wildman–Crippen LogP) is 4.04. The monoisotopic (exact) mass is 384 g/mol. The first kappa shape index (κ1) is 19.3. The van der Waals surface area contributed by atoms with Crippen LogP contribution < -0.4 is 5.32 Å². The summed E-state index contributed by atoms with van der Waals surface area (Å²) in [7, 11) is 4.09. The van der Waals surface area contributed by atoms with Gasteiger partial charge in [0.15, 0.2) is 0 Å². The van der Waals surface area contributed by atoms with E-state index in [1.54, 1.807) is 0 Å². The summed E-state index contributed by atoms with van der Waals surface area (Å²) in [4.78, 5) is 11.2. The van der Waals surface area contributed by atoms with Crippen molar-refractivity contribution >= 4 is 17.4 Å². The van der Waals surface area contributed by atoms with Gasteiger partial charge < -0.3 is 10.2 Å². The highest BCUT2D eigenvalue weighted by Crippen LogP contribution is 2.27. The largest absolute Gasteiger partial charge is 0.368 e. The van der Waals surface area contributed by atoms with Gasteiger partial charge >= 0.3 is 0 Å². The number of halogens is 1. The average Bonchev–Trinajstić information content (AvgIpc) is 3.12. The maximum absolute atomic E-state index is 6.40. The standard InChI is InChI=1S/C20H25ClN6/c1-5-27-13-15(11-23-27)18-10-20(25-14(2)24-18)22-12-19(26(3)4)16-8-6-7-9-17(16)21/h6-11,13,19H,5,12H2,1-4H3,(H,22,24,25). The fraction of sp³-hybridized carbons (Fsp3) is 0.350. The SMILES string of the molecule is CCn1cc(-c2cc(NCC(c3ccccc3Cl)N(C)C)nc(C)n2)cn1. The molecule has 27 heavy (non-hydrogen) atoms. The van der Waals surface area contributed by atoms with Gasteiger partial charge in [-0.3, -0.25) is 4.68 Å². The molecule has 2 aromatic heterocycles. The van der Waals surface area contributed by atoms with E-state index in [1.807, 2.05) is 62.4 Å². The molecule has 0 bridgehead atoms. The number of anilines is 1. The van der Waals surface area contributed by atoms with Crippen molar-refractivity contribution in [3.05, 3.63) is 59.1 Å². The second kappa shape index (κ2) is 8.50. The molecule has 0 radical (unpaired) electrons. The summed E-state index contributed by atoms with van der Waals surface area (Å²) < 4.78 is 1.89. The van der Waals surface area contributed by atoms with Crippen LogP contribution in [0.4, 0.5) is 5.82 Å². The number of aromatic nitrogens is 4. The van der Waals surface area contributed by atoms with E-state index in [2.05, 4.69) is 38.3 Å². The van der Waals surface area contributed by atoms with Crippen LogP contribution in [0.5, 0.6) is 0 Å². The van der Waals surface area contributed by atoms with E-state index >= 15 is 0 Å². The van der Waals surface area contributed by atoms with E-state index in [0.29, 0.717) is 6.54 Å². The minimum absolute atomic E-state index is 0.125. The summed E-state index contributed by atoms with van der Waals surface area (Å²) in [6, 6.07) is 10.0. The van der Waals surface area contributed by atoms with E-state index in [1.165, 1.54) is 0 Å². The third-order valence-electron chi connectivity index (χ3n) is 4.46. The lowest BCUT2D eigenvalue weighted by Gasteiger charge is -2.26. The average molecular weight is 385 g/mol. The molecule has 0 spiro atoms. The molecule has 1 unspecified atom stereocenters. The Morgan fingerprint density at radius 1 is 1.22 bits per heavy atom. The van der Waals surface area contributed by atoms with Crippen LogP contribution in [0, 0.1) is 6.92 Å². The quantitative estimate of drug-likeness (QED) is 0.666. The minimum Gasteiger partial charge on any atom is -0.368 e. The summed E-state index contributed by atoms with van der Waals surface area (Å²) in [6.45, 7) is 5.47. The topological polar surface area (TPSA) is 58.9 Å². The van der Waals surface area contributed by atoms with Crippen molar-refractivity contribution in [2.24, 2.45) is 0 Å². The zero-order valence-corrected chi connectivity index (χ0v) is 16.9. The zero-order chi connectivity index (χ0) is 19.4. The Morgan fingerprint density at radius 3 is 2.67 bits per heavy atom. The van der Waals surface area contributed by atoms with Gasteiger partial charge in [0.25, 0.3) is 0 Å². The molecule has 0 aliphatic rings. The van der Waals surface area contributed by atoms with Gasteiger partial charge in [-0.15, -0.1) is 0 Å². The molecule has 3 rings (SSSR count). The fourth-order valence-electron chi connectivity index (χ4n) is 2.99. The Labute approximate surface area is 165 Å². The highest BCUT2D eigenvalue weighted by atomic mass is 35.5. The molecular formula is C20H25ClN6. The second-order valence-corrected chi connectivity index (χ2v) is 7.06. The Balaban J connectivity index is 1.81. The van der Waals surface area contributed by atoms with Crippen LogP contribution >= 0.6 is 11.6 Å². The summed E-state index contributed by atoms with van der Waals surface area (Å²) in [6.07, 6.45) is 3.83. The normalized spacial score (nSPS) is 12.4. The lowest BCUT2D eigenvalue weighted by molar-refractivity contribution is 0.312. The van der Waals surface area contributed by atoms with Crippen molar-refractivity contribution in [3.63, 3.8) is 0 Å². The van der Waals surface area contributed by atoms with Crippen molar-refractivity contribution in [2.45, 2.75) is 26.4 Å². The third kappa shape index (κ3) is 4.64. The van der Waals surface area contributed by atoms with Gasteiger partial charge in [0.2, 0.25) is 0 Å². The van der Waals surface area contributed by atoms with Gasteiger partial charge in [0, 0.05) is 35.9 Å². The van der Waals surface area contributed by atoms with Gasteiger partial charge in [-0.05, 0) is 39.6 Å². The Bertz CT molecular complexity index is 905. The van der Waals surface area contributed by atoms with Gasteiger partial charge in [0.1, 0.15) is 11.6 Å². The smallest absolute Gasteiger partial charge is 0.130 e. The van der Waals surface area contributed by atoms with Crippen molar-refractivity contribution in [1.82, 2.24) is 24.6 Å². The van der Waals surface area contributed by atoms with Crippen LogP contribution in [0.3, 0.4) is 0 Å². The molecule has 0 saturated carbocycles. The van der Waals surface area contributed by atoms with Gasteiger partial charge in [0.05, 0.1) is 17.9 Å². The number of rotatable bonds is 7. The van der Waals surface area contributed by atoms with Crippen LogP contribution in [-0.4, -0.2) is 45.3 Å². The molecule has 2 heterocycles. The number of benzene rings is 1. The van der Waals surface area contributed by atoms with E-state index in [9.17, 15) is 0 Å². The molecule has 0 saturated heterocycles. The molecule has 0 fully saturated rings. The molecule has 3 aromatic rings. The van der Waals surface area contributed by atoms with Gasteiger partial charge in [-0.25, -0.2) is 9.97 Å². The van der Waals surface area contributed by atoms with E-state index in [-0.39, 0.29) is 6.04 Å². The first-order valence-electron chi connectivity index (χ1n) is 9.01. The van der Waals surface area contributed by atoms with E-state index in [0.717, 1.165) is 40.0 Å². The second-order valence-electron chi connectivity index (χ2n) is 6.65. The predicted molar refractivity (Wildman–Crippen MR) is 110 cm³/mol. The Hall–Kier alpha value is -2.44. The molecule has 142 valence electrons. The molecule has 0 amide bonds. The van der Waals surface area contributed by atoms with Gasteiger partial charge in [-0.1, -0.05) is 29.8 Å². The maximum Gasteiger partial charge on any atom is 0.130 e. The fourth-order valence-corrected chi connectivity index (χ4v) is 3.25. The van der Waals surface area contributed by atoms with Crippen molar-refractivity contribution < 1.29 is 0 Å². The van der Waals surface area contributed by atoms with E-state index in [4.69, 9.17) is 11.6 Å². The molecule has 6 nitrogen and oxygen atoms in total. The van der Waals surface area contributed by atoms with Crippen LogP contribution in [0.15, 0.2) is 42.7 Å². The van der Waals surface area contributed by atoms with Crippen molar-refractivity contribution in [2.75, 3.05) is 26.0 Å². The van der Waals surface area contributed by atoms with Crippen LogP contribution in [-0.2, 0) is 6.54 Å².